The summed E-state index contributed by atoms with van der Waals surface area (Å²) >= 11 is 0. The molecule has 0 amide bonds. The summed E-state index contributed by atoms with van der Waals surface area (Å²) in [6.45, 7) is 9.95. The fraction of sp³-hybridized carbons (Fsp3) is 0.750. The number of rotatable bonds is 4. The van der Waals surface area contributed by atoms with Gasteiger partial charge in [0.2, 0.25) is 0 Å². The number of nitrogens with zero attached hydrogens (tertiary/aromatic N) is 2. The number of hydrogen-bond acceptors (Lipinski definition) is 2. The van der Waals surface area contributed by atoms with Crippen molar-refractivity contribution in [1.29, 1.82) is 0 Å². The van der Waals surface area contributed by atoms with Crippen molar-refractivity contribution in [2.75, 3.05) is 0 Å². The molecule has 3 nitrogen and oxygen atoms in total. The Kier molecular flexibility index (Phi) is 3.91. The quantitative estimate of drug-likeness (QED) is 0.825. The molecular formula is C12H23N3. The zero-order valence-corrected chi connectivity index (χ0v) is 10.5. The van der Waals surface area contributed by atoms with E-state index in [-0.39, 0.29) is 0 Å². The van der Waals surface area contributed by atoms with Gasteiger partial charge in [-0.1, -0.05) is 27.7 Å². The van der Waals surface area contributed by atoms with Gasteiger partial charge < -0.3 is 5.32 Å². The minimum absolute atomic E-state index is 0.313. The summed E-state index contributed by atoms with van der Waals surface area (Å²) in [5, 5.41) is 7.75. The number of aryl methyl sites for hydroxylation is 1. The lowest BCUT2D eigenvalue weighted by molar-refractivity contribution is 0.258. The van der Waals surface area contributed by atoms with Crippen molar-refractivity contribution in [2.45, 2.75) is 46.7 Å². The zero-order chi connectivity index (χ0) is 11.5. The van der Waals surface area contributed by atoms with Gasteiger partial charge in [-0.3, -0.25) is 4.68 Å². The van der Waals surface area contributed by atoms with Crippen LogP contribution >= 0.6 is 0 Å². The molecule has 0 fully saturated rings. The lowest BCUT2D eigenvalue weighted by atomic mass is 9.85. The number of hydrogen-bond donors (Lipinski definition) is 1. The van der Waals surface area contributed by atoms with Crippen LogP contribution in [-0.4, -0.2) is 15.8 Å². The van der Waals surface area contributed by atoms with Crippen LogP contribution in [0.4, 0.5) is 0 Å². The smallest absolute Gasteiger partial charge is 0.0518 e. The van der Waals surface area contributed by atoms with E-state index in [2.05, 4.69) is 44.2 Å². The number of nitrogens with one attached hydrogen (secondary N) is 1. The van der Waals surface area contributed by atoms with Gasteiger partial charge in [0, 0.05) is 25.8 Å². The Morgan fingerprint density at radius 3 is 2.53 bits per heavy atom. The van der Waals surface area contributed by atoms with Crippen LogP contribution in [0.2, 0.25) is 0 Å². The SMILES string of the molecule is CCC(NCc1ccnn1C)C(C)(C)C. The van der Waals surface area contributed by atoms with Crippen LogP contribution in [0, 0.1) is 5.41 Å². The van der Waals surface area contributed by atoms with Gasteiger partial charge in [0.05, 0.1) is 5.69 Å². The Morgan fingerprint density at radius 2 is 2.13 bits per heavy atom. The van der Waals surface area contributed by atoms with Crippen molar-refractivity contribution in [2.24, 2.45) is 12.5 Å². The molecule has 3 heteroatoms. The van der Waals surface area contributed by atoms with Crippen LogP contribution in [0.5, 0.6) is 0 Å². The van der Waals surface area contributed by atoms with Crippen LogP contribution in [0.25, 0.3) is 0 Å². The maximum atomic E-state index is 4.16. The topological polar surface area (TPSA) is 29.9 Å². The lowest BCUT2D eigenvalue weighted by Gasteiger charge is -2.30. The van der Waals surface area contributed by atoms with Crippen molar-refractivity contribution in [1.82, 2.24) is 15.1 Å². The molecule has 1 N–H and O–H groups in total. The lowest BCUT2D eigenvalue weighted by Crippen LogP contribution is -2.39. The average molecular weight is 209 g/mol. The van der Waals surface area contributed by atoms with E-state index >= 15 is 0 Å². The predicted octanol–water partition coefficient (Wildman–Crippen LogP) is 2.33. The second kappa shape index (κ2) is 4.79. The summed E-state index contributed by atoms with van der Waals surface area (Å²) in [5.41, 5.74) is 1.55. The van der Waals surface area contributed by atoms with Gasteiger partial charge >= 0.3 is 0 Å². The third kappa shape index (κ3) is 3.34. The molecule has 0 aliphatic carbocycles. The Bertz CT molecular complexity index is 296. The van der Waals surface area contributed by atoms with Gasteiger partial charge in [-0.25, -0.2) is 0 Å². The first-order valence-corrected chi connectivity index (χ1v) is 5.65. The molecule has 1 aromatic heterocycles. The molecule has 0 saturated heterocycles. The first-order valence-electron chi connectivity index (χ1n) is 5.65. The maximum Gasteiger partial charge on any atom is 0.0518 e. The molecule has 86 valence electrons. The van der Waals surface area contributed by atoms with Gasteiger partial charge in [0.15, 0.2) is 0 Å². The fourth-order valence-corrected chi connectivity index (χ4v) is 1.87. The van der Waals surface area contributed by atoms with E-state index in [0.29, 0.717) is 11.5 Å². The molecule has 1 aromatic rings. The highest BCUT2D eigenvalue weighted by Gasteiger charge is 2.22. The Balaban J connectivity index is 2.52. The Morgan fingerprint density at radius 1 is 1.47 bits per heavy atom. The van der Waals surface area contributed by atoms with Gasteiger partial charge in [0.25, 0.3) is 0 Å². The van der Waals surface area contributed by atoms with Crippen LogP contribution in [0.15, 0.2) is 12.3 Å². The normalized spacial score (nSPS) is 14.2. The zero-order valence-electron chi connectivity index (χ0n) is 10.5. The van der Waals surface area contributed by atoms with Crippen LogP contribution in [0.1, 0.15) is 39.8 Å². The highest BCUT2D eigenvalue weighted by atomic mass is 15.3. The van der Waals surface area contributed by atoms with Crippen molar-refractivity contribution < 1.29 is 0 Å². The molecule has 0 aliphatic rings. The minimum atomic E-state index is 0.313. The fourth-order valence-electron chi connectivity index (χ4n) is 1.87. The van der Waals surface area contributed by atoms with Crippen LogP contribution < -0.4 is 5.32 Å². The first kappa shape index (κ1) is 12.2. The molecular weight excluding hydrogens is 186 g/mol. The van der Waals surface area contributed by atoms with E-state index in [1.165, 1.54) is 5.69 Å². The van der Waals surface area contributed by atoms with Crippen molar-refractivity contribution in [3.05, 3.63) is 18.0 Å². The van der Waals surface area contributed by atoms with Gasteiger partial charge in [-0.2, -0.15) is 5.10 Å². The third-order valence-electron chi connectivity index (χ3n) is 2.91. The van der Waals surface area contributed by atoms with E-state index in [1.54, 1.807) is 0 Å². The minimum Gasteiger partial charge on any atom is -0.308 e. The predicted molar refractivity (Wildman–Crippen MR) is 63.6 cm³/mol. The molecule has 15 heavy (non-hydrogen) atoms. The molecule has 1 rings (SSSR count). The van der Waals surface area contributed by atoms with E-state index in [4.69, 9.17) is 0 Å². The van der Waals surface area contributed by atoms with E-state index < -0.39 is 0 Å². The molecule has 1 unspecified atom stereocenters. The van der Waals surface area contributed by atoms with E-state index in [9.17, 15) is 0 Å². The molecule has 0 bridgehead atoms. The molecule has 1 atom stereocenters. The highest BCUT2D eigenvalue weighted by Crippen LogP contribution is 2.21. The summed E-state index contributed by atoms with van der Waals surface area (Å²) in [7, 11) is 1.98. The highest BCUT2D eigenvalue weighted by molar-refractivity contribution is 5.00. The van der Waals surface area contributed by atoms with Crippen LogP contribution in [-0.2, 0) is 13.6 Å². The molecule has 0 radical (unpaired) electrons. The second-order valence-corrected chi connectivity index (χ2v) is 5.15. The second-order valence-electron chi connectivity index (χ2n) is 5.15. The number of aromatic nitrogens is 2. The summed E-state index contributed by atoms with van der Waals surface area (Å²) in [5.74, 6) is 0. The van der Waals surface area contributed by atoms with E-state index in [1.807, 2.05) is 17.9 Å². The molecule has 0 aromatic carbocycles. The summed E-state index contributed by atoms with van der Waals surface area (Å²) in [6, 6.07) is 2.61. The summed E-state index contributed by atoms with van der Waals surface area (Å²) in [4.78, 5) is 0. The third-order valence-corrected chi connectivity index (χ3v) is 2.91. The van der Waals surface area contributed by atoms with Crippen molar-refractivity contribution in [3.63, 3.8) is 0 Å². The Hall–Kier alpha value is -0.830. The van der Waals surface area contributed by atoms with Gasteiger partial charge in [-0.15, -0.1) is 0 Å². The molecule has 1 heterocycles. The largest absolute Gasteiger partial charge is 0.308 e. The summed E-state index contributed by atoms with van der Waals surface area (Å²) in [6.07, 6.45) is 3.00. The maximum absolute atomic E-state index is 4.16. The van der Waals surface area contributed by atoms with Crippen molar-refractivity contribution >= 4 is 0 Å². The standard InChI is InChI=1S/C12H23N3/c1-6-11(12(2,3)4)13-9-10-7-8-14-15(10)5/h7-8,11,13H,6,9H2,1-5H3. The molecule has 0 aliphatic heterocycles. The average Bonchev–Trinajstić information content (AvgIpc) is 2.50. The van der Waals surface area contributed by atoms with Gasteiger partial charge in [-0.05, 0) is 17.9 Å². The van der Waals surface area contributed by atoms with Crippen molar-refractivity contribution in [3.8, 4) is 0 Å². The van der Waals surface area contributed by atoms with E-state index in [0.717, 1.165) is 13.0 Å². The monoisotopic (exact) mass is 209 g/mol. The van der Waals surface area contributed by atoms with Crippen LogP contribution in [0.3, 0.4) is 0 Å². The first-order chi connectivity index (χ1) is 6.95. The summed E-state index contributed by atoms with van der Waals surface area (Å²) < 4.78 is 1.92. The molecule has 0 saturated carbocycles. The Labute approximate surface area is 92.9 Å². The van der Waals surface area contributed by atoms with Gasteiger partial charge in [0.1, 0.15) is 0 Å². The molecule has 0 spiro atoms.